The number of hydrazone groups is 1. The lowest BCUT2D eigenvalue weighted by atomic mass is 10.1. The summed E-state index contributed by atoms with van der Waals surface area (Å²) in [5, 5.41) is 6.03. The molecule has 17 heavy (non-hydrogen) atoms. The third-order valence-electron chi connectivity index (χ3n) is 2.87. The summed E-state index contributed by atoms with van der Waals surface area (Å²) in [5.74, 6) is 0.711. The molecule has 0 spiro atoms. The van der Waals surface area contributed by atoms with E-state index in [1.807, 2.05) is 30.3 Å². The minimum Gasteiger partial charge on any atom is -0.273 e. The average molecular weight is 230 g/mol. The fourth-order valence-corrected chi connectivity index (χ4v) is 1.82. The summed E-state index contributed by atoms with van der Waals surface area (Å²) in [7, 11) is 0. The normalized spacial score (nSPS) is 15.6. The van der Waals surface area contributed by atoms with Crippen LogP contribution in [0.3, 0.4) is 0 Å². The van der Waals surface area contributed by atoms with Crippen LogP contribution in [0.25, 0.3) is 0 Å². The maximum Gasteiger partial charge on any atom is 0.248 e. The van der Waals surface area contributed by atoms with Gasteiger partial charge >= 0.3 is 0 Å². The number of carbonyl (C=O) groups excluding carboxylic acids is 1. The molecule has 0 aromatic heterocycles. The molecule has 3 nitrogen and oxygen atoms in total. The van der Waals surface area contributed by atoms with Crippen LogP contribution in [0.15, 0.2) is 35.4 Å². The number of hydrogen-bond donors (Lipinski definition) is 0. The predicted octanol–water partition coefficient (Wildman–Crippen LogP) is 2.67. The lowest BCUT2D eigenvalue weighted by molar-refractivity contribution is -0.128. The van der Waals surface area contributed by atoms with Crippen LogP contribution in [-0.2, 0) is 4.79 Å². The molecular formula is C14H18N2O. The third kappa shape index (κ3) is 2.93. The Bertz CT molecular complexity index is 423. The molecule has 1 heterocycles. The summed E-state index contributed by atoms with van der Waals surface area (Å²) in [4.78, 5) is 11.8. The summed E-state index contributed by atoms with van der Waals surface area (Å²) >= 11 is 0. The molecule has 0 unspecified atom stereocenters. The van der Waals surface area contributed by atoms with Crippen molar-refractivity contribution in [2.24, 2.45) is 11.0 Å². The molecule has 0 radical (unpaired) electrons. The highest BCUT2D eigenvalue weighted by Gasteiger charge is 2.24. The van der Waals surface area contributed by atoms with Gasteiger partial charge in [0.2, 0.25) is 5.91 Å². The standard InChI is InChI=1S/C14H18N2O/c1-11(2)8-9-16-14(17)10-13(15-16)12-6-4-3-5-7-12/h3-7,11H,8-10H2,1-2H3. The van der Waals surface area contributed by atoms with E-state index >= 15 is 0 Å². The summed E-state index contributed by atoms with van der Waals surface area (Å²) in [6.07, 6.45) is 1.43. The summed E-state index contributed by atoms with van der Waals surface area (Å²) in [6, 6.07) is 9.91. The minimum atomic E-state index is 0.115. The van der Waals surface area contributed by atoms with Crippen molar-refractivity contribution in [2.75, 3.05) is 6.54 Å². The minimum absolute atomic E-state index is 0.115. The SMILES string of the molecule is CC(C)CCN1N=C(c2ccccc2)CC1=O. The van der Waals surface area contributed by atoms with Crippen molar-refractivity contribution in [2.45, 2.75) is 26.7 Å². The van der Waals surface area contributed by atoms with E-state index in [-0.39, 0.29) is 5.91 Å². The van der Waals surface area contributed by atoms with Gasteiger partial charge in [-0.05, 0) is 17.9 Å². The Morgan fingerprint density at radius 2 is 2.00 bits per heavy atom. The first-order valence-corrected chi connectivity index (χ1v) is 6.10. The average Bonchev–Trinajstić information content (AvgIpc) is 2.69. The zero-order valence-corrected chi connectivity index (χ0v) is 10.4. The van der Waals surface area contributed by atoms with E-state index in [4.69, 9.17) is 0 Å². The van der Waals surface area contributed by atoms with Gasteiger partial charge in [-0.15, -0.1) is 0 Å². The van der Waals surface area contributed by atoms with Crippen LogP contribution >= 0.6 is 0 Å². The highest BCUT2D eigenvalue weighted by atomic mass is 16.2. The van der Waals surface area contributed by atoms with Gasteiger partial charge in [-0.3, -0.25) is 4.79 Å². The Kier molecular flexibility index (Phi) is 3.57. The Balaban J connectivity index is 2.06. The first kappa shape index (κ1) is 11.8. The molecular weight excluding hydrogens is 212 g/mol. The Morgan fingerprint density at radius 1 is 1.29 bits per heavy atom. The van der Waals surface area contributed by atoms with E-state index in [0.29, 0.717) is 12.3 Å². The smallest absolute Gasteiger partial charge is 0.248 e. The number of nitrogens with zero attached hydrogens (tertiary/aromatic N) is 2. The van der Waals surface area contributed by atoms with Crippen molar-refractivity contribution < 1.29 is 4.79 Å². The predicted molar refractivity (Wildman–Crippen MR) is 68.8 cm³/mol. The van der Waals surface area contributed by atoms with Crippen molar-refractivity contribution >= 4 is 11.6 Å². The molecule has 0 bridgehead atoms. The van der Waals surface area contributed by atoms with Crippen molar-refractivity contribution in [1.82, 2.24) is 5.01 Å². The van der Waals surface area contributed by atoms with Gasteiger partial charge in [-0.2, -0.15) is 5.10 Å². The molecule has 0 N–H and O–H groups in total. The fourth-order valence-electron chi connectivity index (χ4n) is 1.82. The monoisotopic (exact) mass is 230 g/mol. The summed E-state index contributed by atoms with van der Waals surface area (Å²) in [5.41, 5.74) is 1.94. The molecule has 1 aliphatic rings. The van der Waals surface area contributed by atoms with Crippen LogP contribution in [-0.4, -0.2) is 23.2 Å². The van der Waals surface area contributed by atoms with Gasteiger partial charge in [0.05, 0.1) is 12.1 Å². The van der Waals surface area contributed by atoms with Crippen LogP contribution in [0.2, 0.25) is 0 Å². The van der Waals surface area contributed by atoms with Crippen molar-refractivity contribution in [1.29, 1.82) is 0 Å². The molecule has 3 heteroatoms. The summed E-state index contributed by atoms with van der Waals surface area (Å²) < 4.78 is 0. The van der Waals surface area contributed by atoms with Crippen LogP contribution in [0.4, 0.5) is 0 Å². The zero-order valence-electron chi connectivity index (χ0n) is 10.4. The number of amides is 1. The second-order valence-corrected chi connectivity index (χ2v) is 4.79. The molecule has 0 saturated heterocycles. The van der Waals surface area contributed by atoms with Gasteiger partial charge in [-0.25, -0.2) is 5.01 Å². The zero-order chi connectivity index (χ0) is 12.3. The number of rotatable bonds is 4. The van der Waals surface area contributed by atoms with E-state index in [2.05, 4.69) is 18.9 Å². The second kappa shape index (κ2) is 5.13. The van der Waals surface area contributed by atoms with Gasteiger partial charge < -0.3 is 0 Å². The van der Waals surface area contributed by atoms with Gasteiger partial charge in [0.15, 0.2) is 0 Å². The van der Waals surface area contributed by atoms with Crippen LogP contribution in [0.1, 0.15) is 32.3 Å². The number of hydrogen-bond acceptors (Lipinski definition) is 2. The van der Waals surface area contributed by atoms with E-state index in [1.165, 1.54) is 0 Å². The summed E-state index contributed by atoms with van der Waals surface area (Å²) in [6.45, 7) is 5.04. The Labute approximate surface area is 102 Å². The number of benzene rings is 1. The number of carbonyl (C=O) groups is 1. The van der Waals surface area contributed by atoms with Gasteiger partial charge in [0.1, 0.15) is 0 Å². The topological polar surface area (TPSA) is 32.7 Å². The van der Waals surface area contributed by atoms with Crippen LogP contribution < -0.4 is 0 Å². The van der Waals surface area contributed by atoms with E-state index < -0.39 is 0 Å². The molecule has 1 aromatic carbocycles. The van der Waals surface area contributed by atoms with Crippen LogP contribution in [0, 0.1) is 5.92 Å². The Hall–Kier alpha value is -1.64. The van der Waals surface area contributed by atoms with E-state index in [1.54, 1.807) is 5.01 Å². The first-order chi connectivity index (χ1) is 8.16. The van der Waals surface area contributed by atoms with Crippen molar-refractivity contribution in [3.8, 4) is 0 Å². The lowest BCUT2D eigenvalue weighted by Crippen LogP contribution is -2.22. The first-order valence-electron chi connectivity index (χ1n) is 6.10. The van der Waals surface area contributed by atoms with Gasteiger partial charge in [0.25, 0.3) is 0 Å². The van der Waals surface area contributed by atoms with Gasteiger partial charge in [0, 0.05) is 6.54 Å². The highest BCUT2D eigenvalue weighted by Crippen LogP contribution is 2.16. The second-order valence-electron chi connectivity index (χ2n) is 4.79. The maximum absolute atomic E-state index is 11.8. The van der Waals surface area contributed by atoms with E-state index in [9.17, 15) is 4.79 Å². The fraction of sp³-hybridized carbons (Fsp3) is 0.429. The third-order valence-corrected chi connectivity index (χ3v) is 2.87. The lowest BCUT2D eigenvalue weighted by Gasteiger charge is -2.12. The molecule has 2 rings (SSSR count). The molecule has 90 valence electrons. The Morgan fingerprint density at radius 3 is 2.65 bits per heavy atom. The molecule has 0 saturated carbocycles. The molecule has 0 atom stereocenters. The molecule has 1 aromatic rings. The molecule has 0 aliphatic carbocycles. The van der Waals surface area contributed by atoms with Gasteiger partial charge in [-0.1, -0.05) is 44.2 Å². The molecule has 1 amide bonds. The molecule has 0 fully saturated rings. The van der Waals surface area contributed by atoms with Crippen molar-refractivity contribution in [3.63, 3.8) is 0 Å². The highest BCUT2D eigenvalue weighted by molar-refractivity contribution is 6.13. The van der Waals surface area contributed by atoms with Crippen LogP contribution in [0.5, 0.6) is 0 Å². The van der Waals surface area contributed by atoms with E-state index in [0.717, 1.165) is 24.2 Å². The maximum atomic E-state index is 11.8. The largest absolute Gasteiger partial charge is 0.273 e. The molecule has 1 aliphatic heterocycles. The van der Waals surface area contributed by atoms with Crippen molar-refractivity contribution in [3.05, 3.63) is 35.9 Å². The quantitative estimate of drug-likeness (QED) is 0.782.